The summed E-state index contributed by atoms with van der Waals surface area (Å²) in [5.74, 6) is 0.296. The molecule has 1 rings (SSSR count). The zero-order chi connectivity index (χ0) is 13.1. The van der Waals surface area contributed by atoms with E-state index in [9.17, 15) is 8.42 Å². The number of nitrogen functional groups attached to an aromatic ring is 1. The molecule has 0 radical (unpaired) electrons. The summed E-state index contributed by atoms with van der Waals surface area (Å²) in [6.07, 6.45) is -0.750. The van der Waals surface area contributed by atoms with Crippen molar-refractivity contribution in [1.29, 1.82) is 0 Å². The summed E-state index contributed by atoms with van der Waals surface area (Å²) in [6.45, 7) is 1.45. The van der Waals surface area contributed by atoms with Crippen molar-refractivity contribution in [2.75, 3.05) is 19.4 Å². The minimum absolute atomic E-state index is 0.0456. The largest absolute Gasteiger partial charge is 0.495 e. The van der Waals surface area contributed by atoms with E-state index < -0.39 is 16.1 Å². The average molecular weight is 260 g/mol. The number of sulfonamides is 1. The molecular weight excluding hydrogens is 244 g/mol. The Hall–Kier alpha value is -1.31. The second kappa shape index (κ2) is 5.35. The van der Waals surface area contributed by atoms with Crippen LogP contribution in [0.1, 0.15) is 6.92 Å². The van der Waals surface area contributed by atoms with Gasteiger partial charge in [-0.2, -0.15) is 0 Å². The number of ether oxygens (including phenoxy) is 1. The van der Waals surface area contributed by atoms with Crippen molar-refractivity contribution in [3.8, 4) is 5.75 Å². The molecule has 1 aromatic carbocycles. The molecule has 0 bridgehead atoms. The Morgan fingerprint density at radius 1 is 1.53 bits per heavy atom. The lowest BCUT2D eigenvalue weighted by atomic mass is 10.3. The van der Waals surface area contributed by atoms with Crippen LogP contribution in [0.25, 0.3) is 0 Å². The predicted molar refractivity (Wildman–Crippen MR) is 64.3 cm³/mol. The van der Waals surface area contributed by atoms with Crippen LogP contribution < -0.4 is 15.2 Å². The number of anilines is 1. The topological polar surface area (TPSA) is 102 Å². The number of benzene rings is 1. The quantitative estimate of drug-likeness (QED) is 0.644. The number of rotatable bonds is 5. The van der Waals surface area contributed by atoms with Gasteiger partial charge >= 0.3 is 0 Å². The highest BCUT2D eigenvalue weighted by molar-refractivity contribution is 7.89. The summed E-state index contributed by atoms with van der Waals surface area (Å²) in [7, 11) is -2.24. The first-order valence-electron chi connectivity index (χ1n) is 4.98. The number of nitrogens with one attached hydrogen (secondary N) is 1. The van der Waals surface area contributed by atoms with Gasteiger partial charge in [0, 0.05) is 12.6 Å². The number of nitrogens with two attached hydrogens (primary N) is 1. The van der Waals surface area contributed by atoms with E-state index in [1.807, 2.05) is 0 Å². The van der Waals surface area contributed by atoms with Crippen LogP contribution in [0, 0.1) is 0 Å². The highest BCUT2D eigenvalue weighted by Crippen LogP contribution is 2.24. The maximum Gasteiger partial charge on any atom is 0.240 e. The molecule has 0 aromatic heterocycles. The zero-order valence-electron chi connectivity index (χ0n) is 9.67. The van der Waals surface area contributed by atoms with Gasteiger partial charge in [0.05, 0.1) is 23.8 Å². The molecule has 0 amide bonds. The van der Waals surface area contributed by atoms with Crippen LogP contribution in [-0.4, -0.2) is 33.3 Å². The fourth-order valence-corrected chi connectivity index (χ4v) is 2.31. The fourth-order valence-electron chi connectivity index (χ4n) is 1.17. The molecule has 0 aliphatic heterocycles. The normalized spacial score (nSPS) is 13.4. The fraction of sp³-hybridized carbons (Fsp3) is 0.400. The lowest BCUT2D eigenvalue weighted by Gasteiger charge is -2.10. The molecule has 0 fully saturated rings. The molecular formula is C10H16N2O4S. The van der Waals surface area contributed by atoms with Crippen molar-refractivity contribution in [2.45, 2.75) is 17.9 Å². The van der Waals surface area contributed by atoms with Gasteiger partial charge in [0.25, 0.3) is 0 Å². The molecule has 6 nitrogen and oxygen atoms in total. The maximum atomic E-state index is 11.8. The summed E-state index contributed by atoms with van der Waals surface area (Å²) in [5, 5.41) is 9.04. The van der Waals surface area contributed by atoms with E-state index in [0.717, 1.165) is 0 Å². The lowest BCUT2D eigenvalue weighted by Crippen LogP contribution is -2.30. The Bertz CT molecular complexity index is 485. The Kier molecular flexibility index (Phi) is 4.33. The lowest BCUT2D eigenvalue weighted by molar-refractivity contribution is 0.198. The van der Waals surface area contributed by atoms with Crippen molar-refractivity contribution in [1.82, 2.24) is 4.72 Å². The summed E-state index contributed by atoms with van der Waals surface area (Å²) in [6, 6.07) is 4.16. The zero-order valence-corrected chi connectivity index (χ0v) is 10.5. The molecule has 4 N–H and O–H groups in total. The average Bonchev–Trinajstić information content (AvgIpc) is 2.27. The molecule has 7 heteroatoms. The third-order valence-electron chi connectivity index (χ3n) is 2.08. The minimum atomic E-state index is -3.65. The van der Waals surface area contributed by atoms with Gasteiger partial charge in [-0.1, -0.05) is 0 Å². The van der Waals surface area contributed by atoms with Crippen LogP contribution in [0.15, 0.2) is 23.1 Å². The van der Waals surface area contributed by atoms with Crippen LogP contribution in [-0.2, 0) is 10.0 Å². The SMILES string of the molecule is COc1cc(S(=O)(=O)NC[C@@H](C)O)ccc1N. The molecule has 0 aliphatic rings. The van der Waals surface area contributed by atoms with Crippen LogP contribution in [0.2, 0.25) is 0 Å². The number of hydrogen-bond donors (Lipinski definition) is 3. The molecule has 0 unspecified atom stereocenters. The molecule has 0 spiro atoms. The Morgan fingerprint density at radius 2 is 2.18 bits per heavy atom. The second-order valence-corrected chi connectivity index (χ2v) is 5.37. The highest BCUT2D eigenvalue weighted by atomic mass is 32.2. The monoisotopic (exact) mass is 260 g/mol. The second-order valence-electron chi connectivity index (χ2n) is 3.60. The molecule has 17 heavy (non-hydrogen) atoms. The summed E-state index contributed by atoms with van der Waals surface area (Å²) in [4.78, 5) is 0.0456. The Morgan fingerprint density at radius 3 is 2.71 bits per heavy atom. The molecule has 0 saturated heterocycles. The van der Waals surface area contributed by atoms with E-state index in [1.165, 1.54) is 32.2 Å². The van der Waals surface area contributed by atoms with Gasteiger partial charge in [-0.15, -0.1) is 0 Å². The van der Waals surface area contributed by atoms with Gasteiger partial charge in [0.15, 0.2) is 0 Å². The van der Waals surface area contributed by atoms with Crippen LogP contribution >= 0.6 is 0 Å². The van der Waals surface area contributed by atoms with Crippen LogP contribution in [0.4, 0.5) is 5.69 Å². The smallest absolute Gasteiger partial charge is 0.240 e. The van der Waals surface area contributed by atoms with Crippen molar-refractivity contribution in [3.63, 3.8) is 0 Å². The number of aliphatic hydroxyl groups excluding tert-OH is 1. The van der Waals surface area contributed by atoms with Gasteiger partial charge in [-0.3, -0.25) is 0 Å². The Labute approximate surface area is 100 Å². The molecule has 0 heterocycles. The number of aliphatic hydroxyl groups is 1. The van der Waals surface area contributed by atoms with Gasteiger partial charge in [0.1, 0.15) is 5.75 Å². The van der Waals surface area contributed by atoms with Gasteiger partial charge < -0.3 is 15.6 Å². The van der Waals surface area contributed by atoms with E-state index >= 15 is 0 Å². The first kappa shape index (κ1) is 13.8. The van der Waals surface area contributed by atoms with E-state index in [0.29, 0.717) is 11.4 Å². The first-order chi connectivity index (χ1) is 7.86. The van der Waals surface area contributed by atoms with Crippen molar-refractivity contribution in [3.05, 3.63) is 18.2 Å². The summed E-state index contributed by atoms with van der Waals surface area (Å²) in [5.41, 5.74) is 5.95. The van der Waals surface area contributed by atoms with Crippen molar-refractivity contribution < 1.29 is 18.3 Å². The van der Waals surface area contributed by atoms with Gasteiger partial charge in [-0.25, -0.2) is 13.1 Å². The van der Waals surface area contributed by atoms with E-state index in [4.69, 9.17) is 15.6 Å². The van der Waals surface area contributed by atoms with Gasteiger partial charge in [-0.05, 0) is 19.1 Å². The summed E-state index contributed by atoms with van der Waals surface area (Å²) >= 11 is 0. The number of methoxy groups -OCH3 is 1. The third kappa shape index (κ3) is 3.58. The van der Waals surface area contributed by atoms with Crippen molar-refractivity contribution in [2.24, 2.45) is 0 Å². The van der Waals surface area contributed by atoms with Crippen molar-refractivity contribution >= 4 is 15.7 Å². The third-order valence-corrected chi connectivity index (χ3v) is 3.51. The van der Waals surface area contributed by atoms with Gasteiger partial charge in [0.2, 0.25) is 10.0 Å². The van der Waals surface area contributed by atoms with Crippen LogP contribution in [0.5, 0.6) is 5.75 Å². The minimum Gasteiger partial charge on any atom is -0.495 e. The van der Waals surface area contributed by atoms with E-state index in [-0.39, 0.29) is 11.4 Å². The standard InChI is InChI=1S/C10H16N2O4S/c1-7(13)6-12-17(14,15)8-3-4-9(11)10(5-8)16-2/h3-5,7,12-13H,6,11H2,1-2H3/t7-/m1/s1. The molecule has 1 atom stereocenters. The molecule has 0 aliphatic carbocycles. The summed E-state index contributed by atoms with van der Waals surface area (Å²) < 4.78 is 30.8. The number of hydrogen-bond acceptors (Lipinski definition) is 5. The van der Waals surface area contributed by atoms with E-state index in [1.54, 1.807) is 0 Å². The molecule has 0 saturated carbocycles. The molecule has 96 valence electrons. The Balaban J connectivity index is 2.99. The predicted octanol–water partition coefficient (Wildman–Crippen LogP) is -0.0635. The highest BCUT2D eigenvalue weighted by Gasteiger charge is 2.16. The maximum absolute atomic E-state index is 11.8. The first-order valence-corrected chi connectivity index (χ1v) is 6.46. The van der Waals surface area contributed by atoms with Crippen LogP contribution in [0.3, 0.4) is 0 Å². The van der Waals surface area contributed by atoms with E-state index in [2.05, 4.69) is 4.72 Å². The molecule has 1 aromatic rings.